The van der Waals surface area contributed by atoms with Crippen LogP contribution in [0.3, 0.4) is 0 Å². The van der Waals surface area contributed by atoms with Crippen molar-refractivity contribution in [1.82, 2.24) is 4.90 Å². The maximum absolute atomic E-state index is 14.1. The number of likely N-dealkylation sites (tertiary alicyclic amines) is 1. The van der Waals surface area contributed by atoms with Crippen molar-refractivity contribution in [3.05, 3.63) is 77.1 Å². The Labute approximate surface area is 196 Å². The fraction of sp³-hybridized carbons (Fsp3) is 0.346. The van der Waals surface area contributed by atoms with Crippen molar-refractivity contribution in [3.8, 4) is 5.75 Å². The van der Waals surface area contributed by atoms with E-state index in [0.717, 1.165) is 5.56 Å². The molecule has 34 heavy (non-hydrogen) atoms. The highest BCUT2D eigenvalue weighted by molar-refractivity contribution is 6.05. The summed E-state index contributed by atoms with van der Waals surface area (Å²) in [5.41, 5.74) is 1.73. The number of carbonyl (C=O) groups is 3. The van der Waals surface area contributed by atoms with E-state index in [1.54, 1.807) is 0 Å². The molecule has 0 unspecified atom stereocenters. The summed E-state index contributed by atoms with van der Waals surface area (Å²) in [6.07, 6.45) is 4.15. The first kappa shape index (κ1) is 22.3. The number of hydrogen-bond donors (Lipinski definition) is 0. The van der Waals surface area contributed by atoms with E-state index in [1.165, 1.54) is 17.0 Å². The minimum atomic E-state index is -0.654. The number of halogens is 1. The molecule has 5 rings (SSSR count). The van der Waals surface area contributed by atoms with E-state index in [9.17, 15) is 18.8 Å². The number of allylic oxidation sites excluding steroid dienone is 2. The van der Waals surface area contributed by atoms with Gasteiger partial charge in [0.15, 0.2) is 0 Å². The molecule has 3 atom stereocenters. The molecule has 0 bridgehead atoms. The van der Waals surface area contributed by atoms with Crippen LogP contribution in [0.15, 0.2) is 54.6 Å². The second-order valence-corrected chi connectivity index (χ2v) is 8.62. The molecule has 1 saturated heterocycles. The third-order valence-electron chi connectivity index (χ3n) is 6.42. The van der Waals surface area contributed by atoms with Crippen molar-refractivity contribution in [3.63, 3.8) is 0 Å². The number of esters is 1. The van der Waals surface area contributed by atoms with E-state index in [1.807, 2.05) is 42.5 Å². The summed E-state index contributed by atoms with van der Waals surface area (Å²) in [6, 6.07) is 12.0. The third kappa shape index (κ3) is 4.33. The van der Waals surface area contributed by atoms with Crippen LogP contribution in [0.1, 0.15) is 42.2 Å². The molecule has 3 aliphatic rings. The van der Waals surface area contributed by atoms with Crippen molar-refractivity contribution in [2.24, 2.45) is 11.8 Å². The summed E-state index contributed by atoms with van der Waals surface area (Å²) in [4.78, 5) is 38.6. The molecule has 2 aromatic carbocycles. The zero-order valence-electron chi connectivity index (χ0n) is 18.4. The predicted molar refractivity (Wildman–Crippen MR) is 117 cm³/mol. The molecular formula is C26H24FNO6. The topological polar surface area (TPSA) is 82.1 Å². The Balaban J connectivity index is 1.21. The summed E-state index contributed by atoms with van der Waals surface area (Å²) in [7, 11) is 0. The van der Waals surface area contributed by atoms with Crippen molar-refractivity contribution >= 4 is 17.8 Å². The number of amides is 2. The molecule has 176 valence electrons. The lowest BCUT2D eigenvalue weighted by molar-refractivity contribution is -0.147. The Bertz CT molecular complexity index is 1120. The lowest BCUT2D eigenvalue weighted by atomic mass is 9.85. The highest BCUT2D eigenvalue weighted by Gasteiger charge is 2.47. The smallest absolute Gasteiger partial charge is 0.307 e. The fourth-order valence-corrected chi connectivity index (χ4v) is 4.68. The van der Waals surface area contributed by atoms with Crippen LogP contribution < -0.4 is 4.74 Å². The molecule has 0 radical (unpaired) electrons. The number of nitrogens with zero attached hydrogens (tertiary/aromatic N) is 1. The lowest BCUT2D eigenvalue weighted by Crippen LogP contribution is -2.33. The van der Waals surface area contributed by atoms with Gasteiger partial charge in [-0.1, -0.05) is 42.5 Å². The van der Waals surface area contributed by atoms with Crippen molar-refractivity contribution in [1.29, 1.82) is 0 Å². The molecule has 2 heterocycles. The van der Waals surface area contributed by atoms with Gasteiger partial charge >= 0.3 is 5.97 Å². The van der Waals surface area contributed by atoms with Gasteiger partial charge in [0.1, 0.15) is 18.2 Å². The maximum atomic E-state index is 14.1. The van der Waals surface area contributed by atoms with Gasteiger partial charge in [-0.25, -0.2) is 4.39 Å². The largest absolute Gasteiger partial charge is 0.461 e. The molecule has 8 heteroatoms. The van der Waals surface area contributed by atoms with Crippen LogP contribution in [-0.4, -0.2) is 29.2 Å². The highest BCUT2D eigenvalue weighted by Crippen LogP contribution is 2.37. The van der Waals surface area contributed by atoms with Crippen molar-refractivity contribution in [2.45, 2.75) is 38.8 Å². The Morgan fingerprint density at radius 1 is 1.06 bits per heavy atom. The molecule has 7 nitrogen and oxygen atoms in total. The zero-order valence-corrected chi connectivity index (χ0v) is 18.4. The predicted octanol–water partition coefficient (Wildman–Crippen LogP) is 3.82. The first-order chi connectivity index (χ1) is 16.5. The minimum absolute atomic E-state index is 0.0226. The molecular weight excluding hydrogens is 441 g/mol. The number of fused-ring (bicyclic) bond motifs is 2. The molecule has 2 aliphatic heterocycles. The SMILES string of the molecule is O=C(CCN1C(=O)[C@@H]2CC=CC[C@H]2C1=O)OCc1cc(F)cc2c1O[C@H](c1ccccc1)OC2. The monoisotopic (exact) mass is 465 g/mol. The van der Waals surface area contributed by atoms with Gasteiger partial charge in [-0.05, 0) is 25.0 Å². The van der Waals surface area contributed by atoms with Gasteiger partial charge in [-0.15, -0.1) is 0 Å². The van der Waals surface area contributed by atoms with Crippen LogP contribution >= 0.6 is 0 Å². The average molecular weight is 465 g/mol. The molecule has 1 fully saturated rings. The number of imide groups is 1. The Hall–Kier alpha value is -3.52. The third-order valence-corrected chi connectivity index (χ3v) is 6.42. The van der Waals surface area contributed by atoms with Crippen LogP contribution in [0.25, 0.3) is 0 Å². The van der Waals surface area contributed by atoms with E-state index in [0.29, 0.717) is 29.7 Å². The molecule has 0 N–H and O–H groups in total. The number of benzene rings is 2. The molecule has 1 aliphatic carbocycles. The minimum Gasteiger partial charge on any atom is -0.461 e. The fourth-order valence-electron chi connectivity index (χ4n) is 4.68. The van der Waals surface area contributed by atoms with Crippen molar-refractivity contribution in [2.75, 3.05) is 6.54 Å². The number of rotatable bonds is 6. The Morgan fingerprint density at radius 2 is 1.76 bits per heavy atom. The Kier molecular flexibility index (Phi) is 6.15. The average Bonchev–Trinajstić information content (AvgIpc) is 3.11. The second-order valence-electron chi connectivity index (χ2n) is 8.62. The van der Waals surface area contributed by atoms with Gasteiger partial charge in [-0.2, -0.15) is 0 Å². The van der Waals surface area contributed by atoms with E-state index in [4.69, 9.17) is 14.2 Å². The van der Waals surface area contributed by atoms with Gasteiger partial charge < -0.3 is 14.2 Å². The summed E-state index contributed by atoms with van der Waals surface area (Å²) in [5.74, 6) is -1.76. The molecule has 0 aromatic heterocycles. The molecule has 2 aromatic rings. The maximum Gasteiger partial charge on any atom is 0.307 e. The van der Waals surface area contributed by atoms with Gasteiger partial charge in [0, 0.05) is 23.2 Å². The molecule has 2 amide bonds. The standard InChI is InChI=1S/C26H24FNO6/c27-19-12-17(23-18(13-19)15-33-26(34-23)16-6-2-1-3-7-16)14-32-22(29)10-11-28-24(30)20-8-4-5-9-21(20)25(28)31/h1-7,12-13,20-21,26H,8-11,14-15H2/t20-,21-,26-/m1/s1. The van der Waals surface area contributed by atoms with Crippen LogP contribution in [0.2, 0.25) is 0 Å². The van der Waals surface area contributed by atoms with E-state index >= 15 is 0 Å². The summed E-state index contributed by atoms with van der Waals surface area (Å²) in [5, 5.41) is 0. The lowest BCUT2D eigenvalue weighted by Gasteiger charge is -2.28. The van der Waals surface area contributed by atoms with E-state index in [-0.39, 0.29) is 49.8 Å². The quantitative estimate of drug-likeness (QED) is 0.367. The van der Waals surface area contributed by atoms with E-state index in [2.05, 4.69) is 0 Å². The number of hydrogen-bond acceptors (Lipinski definition) is 6. The summed E-state index contributed by atoms with van der Waals surface area (Å²) in [6.45, 7) is -0.0628. The van der Waals surface area contributed by atoms with Crippen LogP contribution in [-0.2, 0) is 37.1 Å². The normalized spacial score (nSPS) is 23.3. The second kappa shape index (κ2) is 9.38. The molecule has 0 saturated carbocycles. The van der Waals surface area contributed by atoms with Crippen molar-refractivity contribution < 1.29 is 33.0 Å². The number of carbonyl (C=O) groups excluding carboxylic acids is 3. The van der Waals surface area contributed by atoms with Crippen LogP contribution in [0.5, 0.6) is 5.75 Å². The molecule has 0 spiro atoms. The van der Waals surface area contributed by atoms with Gasteiger partial charge in [-0.3, -0.25) is 19.3 Å². The highest BCUT2D eigenvalue weighted by atomic mass is 19.1. The first-order valence-electron chi connectivity index (χ1n) is 11.3. The Morgan fingerprint density at radius 3 is 2.47 bits per heavy atom. The first-order valence-corrected chi connectivity index (χ1v) is 11.3. The summed E-state index contributed by atoms with van der Waals surface area (Å²) >= 11 is 0. The van der Waals surface area contributed by atoms with Crippen LogP contribution in [0, 0.1) is 17.7 Å². The van der Waals surface area contributed by atoms with Gasteiger partial charge in [0.05, 0.1) is 24.9 Å². The zero-order chi connectivity index (χ0) is 23.7. The van der Waals surface area contributed by atoms with Gasteiger partial charge in [0.25, 0.3) is 0 Å². The van der Waals surface area contributed by atoms with E-state index < -0.39 is 18.1 Å². The summed E-state index contributed by atoms with van der Waals surface area (Å²) < 4.78 is 31.2. The van der Waals surface area contributed by atoms with Crippen LogP contribution in [0.4, 0.5) is 4.39 Å². The van der Waals surface area contributed by atoms with Gasteiger partial charge in [0.2, 0.25) is 18.1 Å². The number of ether oxygens (including phenoxy) is 3.